The van der Waals surface area contributed by atoms with Crippen LogP contribution in [0.2, 0.25) is 0 Å². The van der Waals surface area contributed by atoms with E-state index in [2.05, 4.69) is 15.5 Å². The summed E-state index contributed by atoms with van der Waals surface area (Å²) < 4.78 is 31.5. The number of carbonyl (C=O) groups is 1. The topological polar surface area (TPSA) is 68.0 Å². The second-order valence-electron chi connectivity index (χ2n) is 4.33. The summed E-state index contributed by atoms with van der Waals surface area (Å²) in [6.45, 7) is 3.27. The van der Waals surface area contributed by atoms with Crippen molar-refractivity contribution >= 4 is 17.7 Å². The van der Waals surface area contributed by atoms with Crippen molar-refractivity contribution in [1.29, 1.82) is 0 Å². The van der Waals surface area contributed by atoms with Crippen molar-refractivity contribution in [3.05, 3.63) is 41.3 Å². The number of aryl methyl sites for hydroxylation is 1. The van der Waals surface area contributed by atoms with E-state index in [4.69, 9.17) is 4.42 Å². The minimum Gasteiger partial charge on any atom is -0.416 e. The highest BCUT2D eigenvalue weighted by Gasteiger charge is 2.15. The van der Waals surface area contributed by atoms with E-state index >= 15 is 0 Å². The molecule has 5 nitrogen and oxygen atoms in total. The molecule has 1 heterocycles. The average molecular weight is 313 g/mol. The fraction of sp³-hybridized carbons (Fsp3) is 0.308. The summed E-state index contributed by atoms with van der Waals surface area (Å²) in [5.41, 5.74) is 0.225. The largest absolute Gasteiger partial charge is 0.416 e. The van der Waals surface area contributed by atoms with Crippen LogP contribution in [0, 0.1) is 18.6 Å². The zero-order chi connectivity index (χ0) is 15.4. The van der Waals surface area contributed by atoms with Crippen LogP contribution in [-0.4, -0.2) is 21.9 Å². The molecule has 1 N–H and O–H groups in total. The van der Waals surface area contributed by atoms with Gasteiger partial charge < -0.3 is 9.73 Å². The fourth-order valence-corrected chi connectivity index (χ4v) is 2.29. The molecule has 0 aliphatic rings. The first kappa shape index (κ1) is 15.4. The van der Waals surface area contributed by atoms with Gasteiger partial charge in [0.2, 0.25) is 11.8 Å². The number of carbonyl (C=O) groups excluding carboxylic acids is 1. The van der Waals surface area contributed by atoms with Crippen LogP contribution in [0.3, 0.4) is 0 Å². The maximum atomic E-state index is 13.6. The molecule has 0 spiro atoms. The average Bonchev–Trinajstić information content (AvgIpc) is 2.82. The van der Waals surface area contributed by atoms with Gasteiger partial charge in [0.1, 0.15) is 11.6 Å². The Labute approximate surface area is 124 Å². The molecule has 0 radical (unpaired) electrons. The Bertz CT molecular complexity index is 648. The van der Waals surface area contributed by atoms with Gasteiger partial charge in [0.15, 0.2) is 0 Å². The number of aromatic nitrogens is 2. The van der Waals surface area contributed by atoms with Crippen LogP contribution in [0.4, 0.5) is 8.78 Å². The number of hydrogen-bond donors (Lipinski definition) is 1. The highest BCUT2D eigenvalue weighted by atomic mass is 32.2. The number of nitrogens with one attached hydrogen (secondary N) is 1. The summed E-state index contributed by atoms with van der Waals surface area (Å²) in [5, 5.41) is 10.3. The van der Waals surface area contributed by atoms with Gasteiger partial charge in [-0.05, 0) is 13.0 Å². The quantitative estimate of drug-likeness (QED) is 0.859. The van der Waals surface area contributed by atoms with E-state index in [0.29, 0.717) is 11.1 Å². The van der Waals surface area contributed by atoms with Gasteiger partial charge in [-0.3, -0.25) is 4.79 Å². The second-order valence-corrected chi connectivity index (χ2v) is 5.26. The molecule has 112 valence electrons. The Hall–Kier alpha value is -1.96. The third-order valence-electron chi connectivity index (χ3n) is 2.64. The fourth-order valence-electron chi connectivity index (χ4n) is 1.68. The summed E-state index contributed by atoms with van der Waals surface area (Å²) in [5.74, 6) is -1.18. The van der Waals surface area contributed by atoms with Gasteiger partial charge in [0.25, 0.3) is 5.22 Å². The number of benzene rings is 1. The van der Waals surface area contributed by atoms with Crippen molar-refractivity contribution < 1.29 is 18.0 Å². The second kappa shape index (κ2) is 6.66. The molecule has 1 aromatic heterocycles. The molecule has 0 bridgehead atoms. The Morgan fingerprint density at radius 3 is 2.81 bits per heavy atom. The molecule has 0 fully saturated rings. The van der Waals surface area contributed by atoms with Gasteiger partial charge >= 0.3 is 0 Å². The Morgan fingerprint density at radius 2 is 2.19 bits per heavy atom. The van der Waals surface area contributed by atoms with Gasteiger partial charge in [-0.25, -0.2) is 8.78 Å². The summed E-state index contributed by atoms with van der Waals surface area (Å²) in [4.78, 5) is 11.8. The van der Waals surface area contributed by atoms with E-state index in [0.717, 1.165) is 23.9 Å². The third-order valence-corrected chi connectivity index (χ3v) is 3.46. The van der Waals surface area contributed by atoms with Crippen molar-refractivity contribution in [2.45, 2.75) is 25.1 Å². The van der Waals surface area contributed by atoms with Crippen LogP contribution in [0.1, 0.15) is 24.4 Å². The van der Waals surface area contributed by atoms with E-state index in [1.165, 1.54) is 6.07 Å². The summed E-state index contributed by atoms with van der Waals surface area (Å²) >= 11 is 1.09. The molecule has 1 amide bonds. The number of thioether (sulfide) groups is 1. The van der Waals surface area contributed by atoms with Crippen molar-refractivity contribution in [3.8, 4) is 0 Å². The lowest BCUT2D eigenvalue weighted by Gasteiger charge is -2.14. The molecule has 1 aromatic carbocycles. The molecule has 0 saturated heterocycles. The summed E-state index contributed by atoms with van der Waals surface area (Å²) in [7, 11) is 0. The first-order valence-electron chi connectivity index (χ1n) is 6.13. The van der Waals surface area contributed by atoms with Crippen LogP contribution in [0.5, 0.6) is 0 Å². The molecule has 8 heteroatoms. The predicted octanol–water partition coefficient (Wildman–Crippen LogP) is 2.63. The van der Waals surface area contributed by atoms with Crippen molar-refractivity contribution in [2.24, 2.45) is 0 Å². The van der Waals surface area contributed by atoms with Gasteiger partial charge in [0.05, 0.1) is 11.8 Å². The maximum absolute atomic E-state index is 13.6. The first-order chi connectivity index (χ1) is 9.95. The highest BCUT2D eigenvalue weighted by Crippen LogP contribution is 2.19. The molecule has 0 unspecified atom stereocenters. The molecular formula is C13H13F2N3O2S. The lowest BCUT2D eigenvalue weighted by atomic mass is 10.1. The van der Waals surface area contributed by atoms with Crippen LogP contribution in [0.25, 0.3) is 0 Å². The van der Waals surface area contributed by atoms with Crippen LogP contribution in [0.15, 0.2) is 27.8 Å². The van der Waals surface area contributed by atoms with Crippen LogP contribution in [-0.2, 0) is 4.79 Å². The van der Waals surface area contributed by atoms with E-state index < -0.39 is 17.7 Å². The minimum absolute atomic E-state index is 0.0643. The Morgan fingerprint density at radius 1 is 1.43 bits per heavy atom. The highest BCUT2D eigenvalue weighted by molar-refractivity contribution is 7.99. The standard InChI is InChI=1S/C13H13F2N3O2S/c1-7(10-4-3-9(14)5-11(10)15)16-12(19)6-21-13-18-17-8(2)20-13/h3-5,7H,6H2,1-2H3,(H,16,19)/t7-/m0/s1. The van der Waals surface area contributed by atoms with E-state index in [-0.39, 0.29) is 17.2 Å². The molecule has 2 aromatic rings. The summed E-state index contributed by atoms with van der Waals surface area (Å²) in [6.07, 6.45) is 0. The molecule has 0 saturated carbocycles. The zero-order valence-corrected chi connectivity index (χ0v) is 12.2. The molecule has 0 aliphatic heterocycles. The smallest absolute Gasteiger partial charge is 0.277 e. The lowest BCUT2D eigenvalue weighted by Crippen LogP contribution is -2.28. The van der Waals surface area contributed by atoms with Gasteiger partial charge in [-0.2, -0.15) is 0 Å². The van der Waals surface area contributed by atoms with Gasteiger partial charge in [-0.1, -0.05) is 17.8 Å². The molecule has 2 rings (SSSR count). The van der Waals surface area contributed by atoms with Gasteiger partial charge in [-0.15, -0.1) is 10.2 Å². The molecule has 21 heavy (non-hydrogen) atoms. The van der Waals surface area contributed by atoms with Crippen molar-refractivity contribution in [1.82, 2.24) is 15.5 Å². The number of nitrogens with zero attached hydrogens (tertiary/aromatic N) is 2. The number of halogens is 2. The van der Waals surface area contributed by atoms with E-state index in [1.54, 1.807) is 13.8 Å². The Kier molecular flexibility index (Phi) is 4.89. The van der Waals surface area contributed by atoms with Crippen molar-refractivity contribution in [3.63, 3.8) is 0 Å². The van der Waals surface area contributed by atoms with E-state index in [1.807, 2.05) is 0 Å². The molecule has 1 atom stereocenters. The van der Waals surface area contributed by atoms with Crippen LogP contribution < -0.4 is 5.32 Å². The van der Waals surface area contributed by atoms with E-state index in [9.17, 15) is 13.6 Å². The number of rotatable bonds is 5. The monoisotopic (exact) mass is 313 g/mol. The number of hydrogen-bond acceptors (Lipinski definition) is 5. The zero-order valence-electron chi connectivity index (χ0n) is 11.4. The van der Waals surface area contributed by atoms with Crippen LogP contribution >= 0.6 is 11.8 Å². The minimum atomic E-state index is -0.692. The number of amides is 1. The molecule has 0 aliphatic carbocycles. The summed E-state index contributed by atoms with van der Waals surface area (Å²) in [6, 6.07) is 2.68. The first-order valence-corrected chi connectivity index (χ1v) is 7.11. The Balaban J connectivity index is 1.89. The lowest BCUT2D eigenvalue weighted by molar-refractivity contribution is -0.119. The normalized spacial score (nSPS) is 12.2. The van der Waals surface area contributed by atoms with Crippen molar-refractivity contribution in [2.75, 3.05) is 5.75 Å². The maximum Gasteiger partial charge on any atom is 0.277 e. The SMILES string of the molecule is Cc1nnc(SCC(=O)N[C@@H](C)c2ccc(F)cc2F)o1. The molecular weight excluding hydrogens is 300 g/mol. The third kappa shape index (κ3) is 4.25. The predicted molar refractivity (Wildman–Crippen MR) is 72.7 cm³/mol. The van der Waals surface area contributed by atoms with Gasteiger partial charge in [0, 0.05) is 18.6 Å².